The Morgan fingerprint density at radius 2 is 1.21 bits per heavy atom. The Kier molecular flexibility index (Phi) is 11.3. The van der Waals surface area contributed by atoms with E-state index in [1.807, 2.05) is 6.92 Å². The average Bonchev–Trinajstić information content (AvgIpc) is 2.64. The third kappa shape index (κ3) is 8.82. The maximum atomic E-state index is 10.8. The molecule has 0 saturated heterocycles. The lowest BCUT2D eigenvalue weighted by Gasteiger charge is -2.06. The molecule has 29 heavy (non-hydrogen) atoms. The van der Waals surface area contributed by atoms with E-state index >= 15 is 0 Å². The zero-order valence-corrected chi connectivity index (χ0v) is 16.0. The standard InChI is InChI=1S/C10H6O8.C8H17NO2/c11-7(12)3-1-4(8(13)14)6(10(17)18)2-5(3)9(15)16;1-3-4-5-6-7-8(2)11-9-10/h1-2H,(H,11,12)(H,13,14)(H,15,16)(H,17,18);8H,3-7H2,1-2H3. The molecule has 0 spiro atoms. The van der Waals surface area contributed by atoms with Gasteiger partial charge in [0, 0.05) is 0 Å². The lowest BCUT2D eigenvalue weighted by atomic mass is 9.98. The summed E-state index contributed by atoms with van der Waals surface area (Å²) < 4.78 is 0. The first-order chi connectivity index (χ1) is 13.6. The van der Waals surface area contributed by atoms with Gasteiger partial charge in [0.2, 0.25) is 0 Å². The Morgan fingerprint density at radius 1 is 0.828 bits per heavy atom. The van der Waals surface area contributed by atoms with Crippen molar-refractivity contribution in [3.63, 3.8) is 0 Å². The van der Waals surface area contributed by atoms with E-state index in [2.05, 4.69) is 17.1 Å². The molecule has 1 rings (SSSR count). The van der Waals surface area contributed by atoms with Gasteiger partial charge in [0.25, 0.3) is 0 Å². The number of nitrogens with zero attached hydrogens (tertiary/aromatic N) is 1. The van der Waals surface area contributed by atoms with E-state index < -0.39 is 46.1 Å². The maximum absolute atomic E-state index is 10.8. The number of hydrogen-bond acceptors (Lipinski definition) is 7. The molecule has 11 nitrogen and oxygen atoms in total. The second-order valence-corrected chi connectivity index (χ2v) is 6.00. The summed E-state index contributed by atoms with van der Waals surface area (Å²) in [4.78, 5) is 57.2. The van der Waals surface area contributed by atoms with Crippen molar-refractivity contribution in [2.45, 2.75) is 52.1 Å². The van der Waals surface area contributed by atoms with Crippen LogP contribution in [0.15, 0.2) is 17.5 Å². The molecule has 0 aliphatic carbocycles. The highest BCUT2D eigenvalue weighted by Crippen LogP contribution is 2.18. The Labute approximate surface area is 165 Å². The Hall–Kier alpha value is -3.50. The fourth-order valence-electron chi connectivity index (χ4n) is 2.29. The molecular formula is C18H23NO10. The third-order valence-corrected chi connectivity index (χ3v) is 3.77. The third-order valence-electron chi connectivity index (χ3n) is 3.77. The zero-order valence-electron chi connectivity index (χ0n) is 16.0. The van der Waals surface area contributed by atoms with Gasteiger partial charge in [-0.1, -0.05) is 26.2 Å². The number of rotatable bonds is 11. The number of unbranched alkanes of at least 4 members (excludes halogenated alkanes) is 3. The molecule has 1 aromatic carbocycles. The van der Waals surface area contributed by atoms with Crippen LogP contribution < -0.4 is 0 Å². The lowest BCUT2D eigenvalue weighted by Crippen LogP contribution is -2.15. The number of aromatic carboxylic acids is 4. The minimum absolute atomic E-state index is 0.00986. The van der Waals surface area contributed by atoms with Gasteiger partial charge in [-0.25, -0.2) is 19.2 Å². The minimum atomic E-state index is -1.66. The second kappa shape index (κ2) is 12.8. The molecule has 0 bridgehead atoms. The largest absolute Gasteiger partial charge is 0.478 e. The van der Waals surface area contributed by atoms with Crippen molar-refractivity contribution in [1.29, 1.82) is 0 Å². The van der Waals surface area contributed by atoms with Crippen molar-refractivity contribution in [3.8, 4) is 0 Å². The number of carbonyl (C=O) groups is 4. The fraction of sp³-hybridized carbons (Fsp3) is 0.444. The van der Waals surface area contributed by atoms with Gasteiger partial charge in [0.15, 0.2) is 5.34 Å². The first kappa shape index (κ1) is 25.5. The van der Waals surface area contributed by atoms with Gasteiger partial charge in [0.1, 0.15) is 6.10 Å². The van der Waals surface area contributed by atoms with Gasteiger partial charge in [-0.05, 0) is 31.9 Å². The van der Waals surface area contributed by atoms with E-state index in [0.717, 1.165) is 12.8 Å². The molecule has 4 N–H and O–H groups in total. The highest BCUT2D eigenvalue weighted by molar-refractivity contribution is 6.09. The van der Waals surface area contributed by atoms with E-state index in [4.69, 9.17) is 20.4 Å². The van der Waals surface area contributed by atoms with E-state index in [1.165, 1.54) is 19.3 Å². The number of carboxylic acid groups (broad SMARTS) is 4. The molecule has 0 aliphatic heterocycles. The smallest absolute Gasteiger partial charge is 0.336 e. The normalized spacial score (nSPS) is 10.8. The molecule has 0 fully saturated rings. The molecule has 1 unspecified atom stereocenters. The highest BCUT2D eigenvalue weighted by Gasteiger charge is 2.24. The molecule has 160 valence electrons. The quantitative estimate of drug-likeness (QED) is 0.237. The molecule has 0 radical (unpaired) electrons. The van der Waals surface area contributed by atoms with Gasteiger partial charge in [-0.15, -0.1) is 4.91 Å². The van der Waals surface area contributed by atoms with Crippen LogP contribution >= 0.6 is 0 Å². The van der Waals surface area contributed by atoms with Gasteiger partial charge in [-0.2, -0.15) is 0 Å². The molecule has 11 heteroatoms. The van der Waals surface area contributed by atoms with E-state index in [-0.39, 0.29) is 6.10 Å². The zero-order chi connectivity index (χ0) is 22.6. The van der Waals surface area contributed by atoms with Gasteiger partial charge >= 0.3 is 23.9 Å². The van der Waals surface area contributed by atoms with Crippen LogP contribution in [0.5, 0.6) is 0 Å². The van der Waals surface area contributed by atoms with E-state index in [1.54, 1.807) is 0 Å². The van der Waals surface area contributed by atoms with Crippen LogP contribution in [0.4, 0.5) is 0 Å². The lowest BCUT2D eigenvalue weighted by molar-refractivity contribution is 0.0606. The molecular weight excluding hydrogens is 390 g/mol. The maximum Gasteiger partial charge on any atom is 0.336 e. The van der Waals surface area contributed by atoms with E-state index in [9.17, 15) is 24.1 Å². The van der Waals surface area contributed by atoms with Crippen LogP contribution in [0.25, 0.3) is 0 Å². The highest BCUT2D eigenvalue weighted by atomic mass is 16.7. The van der Waals surface area contributed by atoms with Crippen LogP contribution in [-0.4, -0.2) is 50.4 Å². The minimum Gasteiger partial charge on any atom is -0.478 e. The monoisotopic (exact) mass is 413 g/mol. The Morgan fingerprint density at radius 3 is 1.48 bits per heavy atom. The summed E-state index contributed by atoms with van der Waals surface area (Å²) in [6.45, 7) is 4.04. The molecule has 0 aromatic heterocycles. The van der Waals surface area contributed by atoms with Crippen molar-refractivity contribution in [1.82, 2.24) is 0 Å². The number of benzene rings is 1. The van der Waals surface area contributed by atoms with Gasteiger partial charge < -0.3 is 25.3 Å². The Balaban J connectivity index is 0.000000614. The van der Waals surface area contributed by atoms with Crippen LogP contribution in [0, 0.1) is 4.91 Å². The van der Waals surface area contributed by atoms with Crippen molar-refractivity contribution < 1.29 is 44.4 Å². The second-order valence-electron chi connectivity index (χ2n) is 6.00. The molecule has 1 aromatic rings. The van der Waals surface area contributed by atoms with Crippen molar-refractivity contribution >= 4 is 23.9 Å². The van der Waals surface area contributed by atoms with Crippen LogP contribution in [0.3, 0.4) is 0 Å². The molecule has 0 saturated carbocycles. The van der Waals surface area contributed by atoms with Crippen LogP contribution in [0.1, 0.15) is 87.4 Å². The van der Waals surface area contributed by atoms with Crippen molar-refractivity contribution in [2.75, 3.05) is 0 Å². The van der Waals surface area contributed by atoms with Crippen molar-refractivity contribution in [3.05, 3.63) is 39.3 Å². The SMILES string of the molecule is CCCCCCC(C)ON=O.O=C(O)c1cc(C(=O)O)c(C(=O)O)cc1C(=O)O. The average molecular weight is 413 g/mol. The summed E-state index contributed by atoms with van der Waals surface area (Å²) in [7, 11) is 0. The molecule has 0 amide bonds. The van der Waals surface area contributed by atoms with E-state index in [0.29, 0.717) is 12.1 Å². The topological polar surface area (TPSA) is 188 Å². The first-order valence-electron chi connectivity index (χ1n) is 8.66. The summed E-state index contributed by atoms with van der Waals surface area (Å²) in [6, 6.07) is 1.02. The molecule has 0 heterocycles. The van der Waals surface area contributed by atoms with Crippen molar-refractivity contribution in [2.24, 2.45) is 5.34 Å². The predicted octanol–water partition coefficient (Wildman–Crippen LogP) is 3.52. The van der Waals surface area contributed by atoms with Gasteiger partial charge in [-0.3, -0.25) is 0 Å². The van der Waals surface area contributed by atoms with Gasteiger partial charge in [0.05, 0.1) is 22.3 Å². The molecule has 0 aliphatic rings. The molecule has 1 atom stereocenters. The number of carboxylic acids is 4. The summed E-state index contributed by atoms with van der Waals surface area (Å²) in [6.07, 6.45) is 5.78. The number of hydrogen-bond donors (Lipinski definition) is 4. The predicted molar refractivity (Wildman–Crippen MR) is 99.4 cm³/mol. The summed E-state index contributed by atoms with van der Waals surface area (Å²) in [5, 5.41) is 37.4. The first-order valence-corrected chi connectivity index (χ1v) is 8.66. The summed E-state index contributed by atoms with van der Waals surface area (Å²) in [5.74, 6) is -6.64. The summed E-state index contributed by atoms with van der Waals surface area (Å²) in [5.41, 5.74) is -3.15. The van der Waals surface area contributed by atoms with Crippen LogP contribution in [-0.2, 0) is 4.84 Å². The van der Waals surface area contributed by atoms with Crippen LogP contribution in [0.2, 0.25) is 0 Å². The Bertz CT molecular complexity index is 661. The summed E-state index contributed by atoms with van der Waals surface area (Å²) >= 11 is 0. The fourth-order valence-corrected chi connectivity index (χ4v) is 2.29.